The van der Waals surface area contributed by atoms with E-state index in [9.17, 15) is 9.59 Å². The maximum atomic E-state index is 12.7. The number of thiocarbonyl (C=S) groups is 1. The highest BCUT2D eigenvalue weighted by Gasteiger charge is 2.14. The SMILES string of the molecule is CCCCCCOc1ccccc1C(=O)NC(=S)Nc1ccc(C(=O)NC(C)C)cc1. The summed E-state index contributed by atoms with van der Waals surface area (Å²) in [5.41, 5.74) is 1.66. The van der Waals surface area contributed by atoms with Crippen LogP contribution in [0.5, 0.6) is 5.75 Å². The number of para-hydroxylation sites is 1. The Morgan fingerprint density at radius 1 is 0.968 bits per heavy atom. The van der Waals surface area contributed by atoms with Crippen LogP contribution in [0, 0.1) is 0 Å². The van der Waals surface area contributed by atoms with Gasteiger partial charge in [0, 0.05) is 17.3 Å². The smallest absolute Gasteiger partial charge is 0.261 e. The summed E-state index contributed by atoms with van der Waals surface area (Å²) in [4.78, 5) is 24.7. The third kappa shape index (κ3) is 8.38. The zero-order valence-corrected chi connectivity index (χ0v) is 19.2. The maximum absolute atomic E-state index is 12.7. The first-order valence-electron chi connectivity index (χ1n) is 10.7. The van der Waals surface area contributed by atoms with Crippen molar-refractivity contribution >= 4 is 34.8 Å². The summed E-state index contributed by atoms with van der Waals surface area (Å²) in [6.45, 7) is 6.55. The van der Waals surface area contributed by atoms with Crippen molar-refractivity contribution in [1.29, 1.82) is 0 Å². The molecule has 6 nitrogen and oxygen atoms in total. The van der Waals surface area contributed by atoms with E-state index in [0.717, 1.165) is 19.3 Å². The fraction of sp³-hybridized carbons (Fsp3) is 0.375. The van der Waals surface area contributed by atoms with Gasteiger partial charge in [0.2, 0.25) is 0 Å². The summed E-state index contributed by atoms with van der Waals surface area (Å²) in [5, 5.41) is 8.65. The summed E-state index contributed by atoms with van der Waals surface area (Å²) in [7, 11) is 0. The molecule has 0 spiro atoms. The van der Waals surface area contributed by atoms with E-state index in [2.05, 4.69) is 22.9 Å². The Labute approximate surface area is 189 Å². The number of unbranched alkanes of at least 4 members (excludes halogenated alkanes) is 3. The number of carbonyl (C=O) groups is 2. The molecule has 0 saturated carbocycles. The van der Waals surface area contributed by atoms with Gasteiger partial charge in [-0.1, -0.05) is 38.3 Å². The van der Waals surface area contributed by atoms with E-state index in [1.807, 2.05) is 19.9 Å². The standard InChI is InChI=1S/C24H31N3O3S/c1-4-5-6-9-16-30-21-11-8-7-10-20(21)23(29)27-24(31)26-19-14-12-18(13-15-19)22(28)25-17(2)3/h7-8,10-15,17H,4-6,9,16H2,1-3H3,(H,25,28)(H2,26,27,29,31). The molecular weight excluding hydrogens is 410 g/mol. The second-order valence-corrected chi connectivity index (χ2v) is 7.93. The van der Waals surface area contributed by atoms with Crippen molar-refractivity contribution < 1.29 is 14.3 Å². The molecule has 0 heterocycles. The maximum Gasteiger partial charge on any atom is 0.261 e. The molecule has 0 aromatic heterocycles. The van der Waals surface area contributed by atoms with Crippen molar-refractivity contribution in [2.75, 3.05) is 11.9 Å². The zero-order valence-electron chi connectivity index (χ0n) is 18.4. The van der Waals surface area contributed by atoms with Crippen LogP contribution >= 0.6 is 12.2 Å². The number of anilines is 1. The van der Waals surface area contributed by atoms with Gasteiger partial charge < -0.3 is 15.4 Å². The van der Waals surface area contributed by atoms with E-state index in [-0.39, 0.29) is 23.0 Å². The highest BCUT2D eigenvalue weighted by molar-refractivity contribution is 7.80. The van der Waals surface area contributed by atoms with E-state index in [4.69, 9.17) is 17.0 Å². The first-order chi connectivity index (χ1) is 14.9. The molecule has 31 heavy (non-hydrogen) atoms. The van der Waals surface area contributed by atoms with Gasteiger partial charge >= 0.3 is 0 Å². The predicted molar refractivity (Wildman–Crippen MR) is 129 cm³/mol. The van der Waals surface area contributed by atoms with Gasteiger partial charge in [0.05, 0.1) is 12.2 Å². The molecule has 7 heteroatoms. The Morgan fingerprint density at radius 3 is 2.35 bits per heavy atom. The van der Waals surface area contributed by atoms with Crippen molar-refractivity contribution in [2.24, 2.45) is 0 Å². The second-order valence-electron chi connectivity index (χ2n) is 7.52. The minimum Gasteiger partial charge on any atom is -0.493 e. The van der Waals surface area contributed by atoms with E-state index in [1.54, 1.807) is 42.5 Å². The number of hydrogen-bond donors (Lipinski definition) is 3. The lowest BCUT2D eigenvalue weighted by molar-refractivity contribution is 0.0941. The topological polar surface area (TPSA) is 79.5 Å². The van der Waals surface area contributed by atoms with Gasteiger partial charge in [-0.2, -0.15) is 0 Å². The normalized spacial score (nSPS) is 10.5. The minimum absolute atomic E-state index is 0.0660. The van der Waals surface area contributed by atoms with Crippen LogP contribution in [0.15, 0.2) is 48.5 Å². The van der Waals surface area contributed by atoms with Gasteiger partial charge in [-0.25, -0.2) is 0 Å². The fourth-order valence-corrected chi connectivity index (χ4v) is 3.08. The van der Waals surface area contributed by atoms with Gasteiger partial charge in [0.25, 0.3) is 11.8 Å². The van der Waals surface area contributed by atoms with Crippen molar-refractivity contribution in [3.05, 3.63) is 59.7 Å². The van der Waals surface area contributed by atoms with Gasteiger partial charge in [0.1, 0.15) is 5.75 Å². The van der Waals surface area contributed by atoms with Crippen molar-refractivity contribution in [2.45, 2.75) is 52.5 Å². The van der Waals surface area contributed by atoms with E-state index < -0.39 is 0 Å². The molecule has 0 atom stereocenters. The Morgan fingerprint density at radius 2 is 1.68 bits per heavy atom. The number of rotatable bonds is 10. The van der Waals surface area contributed by atoms with E-state index >= 15 is 0 Å². The van der Waals surface area contributed by atoms with Gasteiger partial charge in [0.15, 0.2) is 5.11 Å². The molecule has 0 unspecified atom stereocenters. The second kappa shape index (κ2) is 12.7. The molecule has 0 saturated heterocycles. The Kier molecular flexibility index (Phi) is 9.97. The summed E-state index contributed by atoms with van der Waals surface area (Å²) < 4.78 is 5.81. The highest BCUT2D eigenvalue weighted by atomic mass is 32.1. The number of ether oxygens (including phenoxy) is 1. The van der Waals surface area contributed by atoms with Gasteiger partial charge in [-0.15, -0.1) is 0 Å². The van der Waals surface area contributed by atoms with Crippen LogP contribution in [0.4, 0.5) is 5.69 Å². The Balaban J connectivity index is 1.91. The average molecular weight is 442 g/mol. The van der Waals surface area contributed by atoms with Gasteiger partial charge in [-0.05, 0) is 68.9 Å². The third-order valence-corrected chi connectivity index (χ3v) is 4.64. The fourth-order valence-electron chi connectivity index (χ4n) is 2.87. The van der Waals surface area contributed by atoms with Crippen LogP contribution in [0.25, 0.3) is 0 Å². The third-order valence-electron chi connectivity index (χ3n) is 4.44. The molecule has 2 amide bonds. The number of nitrogens with one attached hydrogen (secondary N) is 3. The van der Waals surface area contributed by atoms with Crippen LogP contribution in [0.3, 0.4) is 0 Å². The minimum atomic E-state index is -0.338. The molecule has 0 aliphatic rings. The highest BCUT2D eigenvalue weighted by Crippen LogP contribution is 2.18. The molecule has 0 fully saturated rings. The molecule has 2 rings (SSSR count). The number of amides is 2. The van der Waals surface area contributed by atoms with Crippen molar-refractivity contribution in [1.82, 2.24) is 10.6 Å². The number of hydrogen-bond acceptors (Lipinski definition) is 4. The molecule has 0 radical (unpaired) electrons. The quantitative estimate of drug-likeness (QED) is 0.361. The van der Waals surface area contributed by atoms with Crippen molar-refractivity contribution in [3.63, 3.8) is 0 Å². The van der Waals surface area contributed by atoms with Crippen LogP contribution in [-0.4, -0.2) is 29.6 Å². The van der Waals surface area contributed by atoms with Gasteiger partial charge in [-0.3, -0.25) is 14.9 Å². The molecule has 166 valence electrons. The first-order valence-corrected chi connectivity index (χ1v) is 11.1. The number of benzene rings is 2. The van der Waals surface area contributed by atoms with Crippen LogP contribution in [0.2, 0.25) is 0 Å². The van der Waals surface area contributed by atoms with E-state index in [0.29, 0.717) is 29.2 Å². The lowest BCUT2D eigenvalue weighted by Crippen LogP contribution is -2.34. The lowest BCUT2D eigenvalue weighted by atomic mass is 10.2. The van der Waals surface area contributed by atoms with Crippen molar-refractivity contribution in [3.8, 4) is 5.75 Å². The van der Waals surface area contributed by atoms with Crippen LogP contribution in [0.1, 0.15) is 67.2 Å². The molecule has 0 aliphatic carbocycles. The molecule has 2 aromatic carbocycles. The molecule has 0 bridgehead atoms. The largest absolute Gasteiger partial charge is 0.493 e. The van der Waals surface area contributed by atoms with E-state index in [1.165, 1.54) is 6.42 Å². The molecular formula is C24H31N3O3S. The molecule has 2 aromatic rings. The average Bonchev–Trinajstić information content (AvgIpc) is 2.73. The molecule has 0 aliphatic heterocycles. The number of carbonyl (C=O) groups excluding carboxylic acids is 2. The summed E-state index contributed by atoms with van der Waals surface area (Å²) in [5.74, 6) is 0.0677. The summed E-state index contributed by atoms with van der Waals surface area (Å²) in [6, 6.07) is 14.1. The Hall–Kier alpha value is -2.93. The van der Waals surface area contributed by atoms with Crippen LogP contribution < -0.4 is 20.7 Å². The molecule has 3 N–H and O–H groups in total. The van der Waals surface area contributed by atoms with Crippen LogP contribution in [-0.2, 0) is 0 Å². The monoisotopic (exact) mass is 441 g/mol. The predicted octanol–water partition coefficient (Wildman–Crippen LogP) is 4.91. The lowest BCUT2D eigenvalue weighted by Gasteiger charge is -2.13. The summed E-state index contributed by atoms with van der Waals surface area (Å²) in [6.07, 6.45) is 4.40. The first kappa shape index (κ1) is 24.3. The summed E-state index contributed by atoms with van der Waals surface area (Å²) >= 11 is 5.27. The zero-order chi connectivity index (χ0) is 22.6. The Bertz CT molecular complexity index is 882.